The molecule has 0 saturated heterocycles. The highest BCUT2D eigenvalue weighted by Gasteiger charge is 2.16. The fraction of sp³-hybridized carbons (Fsp3) is 0.211. The van der Waals surface area contributed by atoms with Gasteiger partial charge >= 0.3 is 0 Å². The third kappa shape index (κ3) is 4.32. The first-order chi connectivity index (χ1) is 11.7. The zero-order valence-corrected chi connectivity index (χ0v) is 15.1. The SMILES string of the molecule is Cl.N#CCCNCCc1[nH]c2ccc(Cl)cc2c1-c1ccccc1F. The summed E-state index contributed by atoms with van der Waals surface area (Å²) >= 11 is 6.14. The molecule has 0 aliphatic carbocycles. The highest BCUT2D eigenvalue weighted by atomic mass is 35.5. The Morgan fingerprint density at radius 3 is 2.72 bits per heavy atom. The lowest BCUT2D eigenvalue weighted by Crippen LogP contribution is -2.18. The second-order valence-electron chi connectivity index (χ2n) is 5.56. The number of halogens is 3. The normalized spacial score (nSPS) is 10.4. The molecule has 130 valence electrons. The predicted octanol–water partition coefficient (Wildman–Crippen LogP) is 5.09. The van der Waals surface area contributed by atoms with Crippen molar-refractivity contribution in [3.8, 4) is 17.2 Å². The summed E-state index contributed by atoms with van der Waals surface area (Å²) in [6.45, 7) is 1.36. The van der Waals surface area contributed by atoms with Crippen LogP contribution in [-0.4, -0.2) is 18.1 Å². The fourth-order valence-corrected chi connectivity index (χ4v) is 3.03. The zero-order chi connectivity index (χ0) is 16.9. The van der Waals surface area contributed by atoms with Crippen molar-refractivity contribution in [1.29, 1.82) is 5.26 Å². The van der Waals surface area contributed by atoms with Gasteiger partial charge in [0.15, 0.2) is 0 Å². The third-order valence-electron chi connectivity index (χ3n) is 3.95. The van der Waals surface area contributed by atoms with Crippen molar-refractivity contribution >= 4 is 34.9 Å². The Labute approximate surface area is 157 Å². The minimum absolute atomic E-state index is 0. The summed E-state index contributed by atoms with van der Waals surface area (Å²) in [6.07, 6.45) is 1.18. The van der Waals surface area contributed by atoms with Gasteiger partial charge in [0.2, 0.25) is 0 Å². The second-order valence-corrected chi connectivity index (χ2v) is 5.99. The molecule has 6 heteroatoms. The standard InChI is InChI=1S/C19H17ClFN3.ClH/c20-13-6-7-17-15(12-13)19(14-4-1-2-5-16(14)21)18(24-17)8-11-23-10-3-9-22;/h1-2,4-7,12,23-24H,3,8,10-11H2;1H. The molecule has 0 amide bonds. The molecule has 0 bridgehead atoms. The number of rotatable bonds is 6. The summed E-state index contributed by atoms with van der Waals surface area (Å²) in [5, 5.41) is 13.3. The van der Waals surface area contributed by atoms with Gasteiger partial charge in [-0.1, -0.05) is 29.8 Å². The largest absolute Gasteiger partial charge is 0.358 e. The highest BCUT2D eigenvalue weighted by molar-refractivity contribution is 6.31. The second kappa shape index (κ2) is 8.87. The van der Waals surface area contributed by atoms with Crippen LogP contribution in [0.4, 0.5) is 4.39 Å². The Bertz CT molecular complexity index is 899. The van der Waals surface area contributed by atoms with E-state index in [0.29, 0.717) is 36.5 Å². The number of hydrogen-bond acceptors (Lipinski definition) is 2. The summed E-state index contributed by atoms with van der Waals surface area (Å²) in [4.78, 5) is 3.38. The molecule has 3 aromatic rings. The molecule has 0 aliphatic heterocycles. The van der Waals surface area contributed by atoms with Gasteiger partial charge < -0.3 is 10.3 Å². The number of nitriles is 1. The van der Waals surface area contributed by atoms with Crippen LogP contribution < -0.4 is 5.32 Å². The Morgan fingerprint density at radius 1 is 1.16 bits per heavy atom. The van der Waals surface area contributed by atoms with Crippen molar-refractivity contribution in [2.75, 3.05) is 13.1 Å². The lowest BCUT2D eigenvalue weighted by molar-refractivity contribution is 0.631. The molecule has 0 unspecified atom stereocenters. The van der Waals surface area contributed by atoms with Crippen LogP contribution >= 0.6 is 24.0 Å². The molecule has 1 aromatic heterocycles. The molecule has 0 aliphatic rings. The van der Waals surface area contributed by atoms with Crippen molar-refractivity contribution in [3.63, 3.8) is 0 Å². The zero-order valence-electron chi connectivity index (χ0n) is 13.5. The van der Waals surface area contributed by atoms with Crippen LogP contribution in [0.2, 0.25) is 5.02 Å². The van der Waals surface area contributed by atoms with Crippen LogP contribution in [0, 0.1) is 17.1 Å². The fourth-order valence-electron chi connectivity index (χ4n) is 2.86. The summed E-state index contributed by atoms with van der Waals surface area (Å²) < 4.78 is 14.4. The van der Waals surface area contributed by atoms with Gasteiger partial charge in [0.25, 0.3) is 0 Å². The maximum absolute atomic E-state index is 14.4. The van der Waals surface area contributed by atoms with Gasteiger partial charge in [-0.25, -0.2) is 4.39 Å². The van der Waals surface area contributed by atoms with E-state index in [-0.39, 0.29) is 18.2 Å². The van der Waals surface area contributed by atoms with E-state index in [4.69, 9.17) is 16.9 Å². The smallest absolute Gasteiger partial charge is 0.131 e. The molecule has 2 aromatic carbocycles. The van der Waals surface area contributed by atoms with E-state index >= 15 is 0 Å². The number of aromatic amines is 1. The van der Waals surface area contributed by atoms with E-state index in [2.05, 4.69) is 16.4 Å². The molecule has 0 radical (unpaired) electrons. The first-order valence-electron chi connectivity index (χ1n) is 7.83. The first-order valence-corrected chi connectivity index (χ1v) is 8.21. The predicted molar refractivity (Wildman–Crippen MR) is 103 cm³/mol. The Kier molecular flexibility index (Phi) is 6.83. The average molecular weight is 378 g/mol. The minimum atomic E-state index is -0.253. The van der Waals surface area contributed by atoms with Crippen LogP contribution in [0.5, 0.6) is 0 Å². The van der Waals surface area contributed by atoms with E-state index in [0.717, 1.165) is 22.2 Å². The van der Waals surface area contributed by atoms with Gasteiger partial charge in [0.1, 0.15) is 5.82 Å². The van der Waals surface area contributed by atoms with Crippen molar-refractivity contribution in [1.82, 2.24) is 10.3 Å². The summed E-state index contributed by atoms with van der Waals surface area (Å²) in [6, 6.07) is 14.5. The number of H-pyrrole nitrogens is 1. The van der Waals surface area contributed by atoms with E-state index in [1.54, 1.807) is 12.1 Å². The monoisotopic (exact) mass is 377 g/mol. The maximum atomic E-state index is 14.4. The summed E-state index contributed by atoms with van der Waals surface area (Å²) in [5.74, 6) is -0.253. The first kappa shape index (κ1) is 19.3. The number of hydrogen-bond donors (Lipinski definition) is 2. The van der Waals surface area contributed by atoms with Gasteiger partial charge in [-0.3, -0.25) is 0 Å². The molecule has 2 N–H and O–H groups in total. The van der Waals surface area contributed by atoms with Crippen LogP contribution in [0.15, 0.2) is 42.5 Å². The van der Waals surface area contributed by atoms with Crippen molar-refractivity contribution in [2.24, 2.45) is 0 Å². The van der Waals surface area contributed by atoms with Crippen LogP contribution in [0.25, 0.3) is 22.0 Å². The molecule has 3 rings (SSSR count). The van der Waals surface area contributed by atoms with Crippen LogP contribution in [0.3, 0.4) is 0 Å². The molecular weight excluding hydrogens is 360 g/mol. The number of nitrogens with one attached hydrogen (secondary N) is 2. The van der Waals surface area contributed by atoms with Crippen molar-refractivity contribution in [2.45, 2.75) is 12.8 Å². The van der Waals surface area contributed by atoms with E-state index < -0.39 is 0 Å². The third-order valence-corrected chi connectivity index (χ3v) is 4.18. The van der Waals surface area contributed by atoms with Gasteiger partial charge in [0.05, 0.1) is 6.07 Å². The number of fused-ring (bicyclic) bond motifs is 1. The van der Waals surface area contributed by atoms with Gasteiger partial charge in [-0.05, 0) is 24.3 Å². The van der Waals surface area contributed by atoms with Crippen LogP contribution in [0.1, 0.15) is 12.1 Å². The number of benzene rings is 2. The maximum Gasteiger partial charge on any atom is 0.131 e. The van der Waals surface area contributed by atoms with E-state index in [1.165, 1.54) is 6.07 Å². The highest BCUT2D eigenvalue weighted by Crippen LogP contribution is 2.35. The van der Waals surface area contributed by atoms with Crippen LogP contribution in [-0.2, 0) is 6.42 Å². The molecule has 0 fully saturated rings. The van der Waals surface area contributed by atoms with Crippen molar-refractivity contribution < 1.29 is 4.39 Å². The number of nitrogens with zero attached hydrogens (tertiary/aromatic N) is 1. The molecule has 0 atom stereocenters. The molecule has 0 saturated carbocycles. The Morgan fingerprint density at radius 2 is 1.96 bits per heavy atom. The molecule has 1 heterocycles. The Balaban J connectivity index is 0.00000225. The van der Waals surface area contributed by atoms with Gasteiger partial charge in [0, 0.05) is 58.7 Å². The molecule has 0 spiro atoms. The lowest BCUT2D eigenvalue weighted by Gasteiger charge is -2.07. The van der Waals surface area contributed by atoms with Gasteiger partial charge in [-0.15, -0.1) is 12.4 Å². The molecule has 25 heavy (non-hydrogen) atoms. The summed E-state index contributed by atoms with van der Waals surface area (Å²) in [5.41, 5.74) is 3.32. The molecular formula is C19H18Cl2FN3. The van der Waals surface area contributed by atoms with E-state index in [1.807, 2.05) is 24.3 Å². The Hall–Kier alpha value is -2.06. The number of aromatic nitrogens is 1. The van der Waals surface area contributed by atoms with E-state index in [9.17, 15) is 4.39 Å². The van der Waals surface area contributed by atoms with Crippen molar-refractivity contribution in [3.05, 3.63) is 59.0 Å². The summed E-state index contributed by atoms with van der Waals surface area (Å²) in [7, 11) is 0. The van der Waals surface area contributed by atoms with Gasteiger partial charge in [-0.2, -0.15) is 5.26 Å². The average Bonchev–Trinajstić information content (AvgIpc) is 2.92. The lowest BCUT2D eigenvalue weighted by atomic mass is 10.00. The topological polar surface area (TPSA) is 51.6 Å². The quantitative estimate of drug-likeness (QED) is 0.587. The minimum Gasteiger partial charge on any atom is -0.358 e. The molecule has 3 nitrogen and oxygen atoms in total.